The van der Waals surface area contributed by atoms with Crippen molar-refractivity contribution in [3.8, 4) is 11.5 Å². The van der Waals surface area contributed by atoms with Gasteiger partial charge in [-0.1, -0.05) is 48.5 Å². The summed E-state index contributed by atoms with van der Waals surface area (Å²) in [5.41, 5.74) is 2.46. The van der Waals surface area contributed by atoms with Crippen LogP contribution < -0.4 is 0 Å². The first kappa shape index (κ1) is 17.0. The van der Waals surface area contributed by atoms with Crippen LogP contribution in [-0.4, -0.2) is 27.1 Å². The van der Waals surface area contributed by atoms with Crippen molar-refractivity contribution in [1.82, 2.24) is 14.1 Å². The van der Waals surface area contributed by atoms with E-state index in [0.29, 0.717) is 11.5 Å². The summed E-state index contributed by atoms with van der Waals surface area (Å²) < 4.78 is 36.1. The SMILES string of the molecule is Cn1c(-c2nc3c4ccccc4c4ccccc4c3n2C)ccc1S(=O)(=O)O. The van der Waals surface area contributed by atoms with Crippen LogP contribution in [0.15, 0.2) is 65.7 Å². The topological polar surface area (TPSA) is 77.1 Å². The second kappa shape index (κ2) is 5.67. The predicted octanol–water partition coefficient (Wildman–Crippen LogP) is 4.13. The Bertz CT molecular complexity index is 1510. The van der Waals surface area contributed by atoms with E-state index in [4.69, 9.17) is 4.98 Å². The molecule has 140 valence electrons. The molecule has 0 aliphatic rings. The van der Waals surface area contributed by atoms with Crippen LogP contribution in [0.1, 0.15) is 0 Å². The number of hydrogen-bond acceptors (Lipinski definition) is 3. The van der Waals surface area contributed by atoms with Gasteiger partial charge in [-0.05, 0) is 22.9 Å². The van der Waals surface area contributed by atoms with E-state index in [1.807, 2.05) is 35.9 Å². The molecule has 0 bridgehead atoms. The molecular formula is C21H17N3O3S. The number of benzene rings is 3. The normalized spacial score (nSPS) is 12.4. The molecule has 6 nitrogen and oxygen atoms in total. The highest BCUT2D eigenvalue weighted by atomic mass is 32.2. The molecule has 1 N–H and O–H groups in total. The molecule has 0 radical (unpaired) electrons. The van der Waals surface area contributed by atoms with E-state index >= 15 is 0 Å². The van der Waals surface area contributed by atoms with Crippen molar-refractivity contribution in [2.75, 3.05) is 0 Å². The standard InChI is InChI=1S/C21H17N3O3S/c1-23-17(11-12-18(23)28(25,26)27)21-22-19-15-9-5-3-7-13(15)14-8-4-6-10-16(14)20(19)24(21)2/h3-12H,1-2H3,(H,25,26,27). The Morgan fingerprint density at radius 1 is 0.786 bits per heavy atom. The summed E-state index contributed by atoms with van der Waals surface area (Å²) in [6.45, 7) is 0. The zero-order valence-electron chi connectivity index (χ0n) is 15.3. The minimum absolute atomic E-state index is 0.163. The van der Waals surface area contributed by atoms with E-state index in [1.54, 1.807) is 13.1 Å². The summed E-state index contributed by atoms with van der Waals surface area (Å²) >= 11 is 0. The molecule has 0 saturated carbocycles. The molecule has 3 aromatic carbocycles. The van der Waals surface area contributed by atoms with Crippen LogP contribution in [0.25, 0.3) is 44.1 Å². The third kappa shape index (κ3) is 2.23. The fraction of sp³-hybridized carbons (Fsp3) is 0.0952. The average molecular weight is 391 g/mol. The molecule has 0 fully saturated rings. The Morgan fingerprint density at radius 2 is 1.36 bits per heavy atom. The molecule has 28 heavy (non-hydrogen) atoms. The third-order valence-corrected chi connectivity index (χ3v) is 6.26. The lowest BCUT2D eigenvalue weighted by Gasteiger charge is -2.08. The summed E-state index contributed by atoms with van der Waals surface area (Å²) in [5, 5.41) is 4.24. The van der Waals surface area contributed by atoms with Gasteiger partial charge in [0.1, 0.15) is 0 Å². The maximum atomic E-state index is 11.6. The van der Waals surface area contributed by atoms with Gasteiger partial charge in [0.15, 0.2) is 10.9 Å². The van der Waals surface area contributed by atoms with Crippen molar-refractivity contribution in [3.05, 3.63) is 60.7 Å². The van der Waals surface area contributed by atoms with E-state index in [2.05, 4.69) is 24.3 Å². The highest BCUT2D eigenvalue weighted by Gasteiger charge is 2.22. The number of imidazole rings is 1. The summed E-state index contributed by atoms with van der Waals surface area (Å²) in [5.74, 6) is 0.633. The number of hydrogen-bond donors (Lipinski definition) is 1. The molecule has 0 aliphatic heterocycles. The van der Waals surface area contributed by atoms with Crippen molar-refractivity contribution >= 4 is 42.7 Å². The summed E-state index contributed by atoms with van der Waals surface area (Å²) in [4.78, 5) is 4.88. The first-order chi connectivity index (χ1) is 13.4. The quantitative estimate of drug-likeness (QED) is 0.363. The molecule has 2 heterocycles. The fourth-order valence-corrected chi connectivity index (χ4v) is 4.73. The van der Waals surface area contributed by atoms with E-state index in [0.717, 1.165) is 32.6 Å². The van der Waals surface area contributed by atoms with Gasteiger partial charge >= 0.3 is 10.1 Å². The van der Waals surface area contributed by atoms with Crippen molar-refractivity contribution in [3.63, 3.8) is 0 Å². The van der Waals surface area contributed by atoms with Crippen LogP contribution >= 0.6 is 0 Å². The molecule has 2 aromatic heterocycles. The molecule has 0 unspecified atom stereocenters. The minimum atomic E-state index is -4.31. The summed E-state index contributed by atoms with van der Waals surface area (Å²) in [6.07, 6.45) is 0. The van der Waals surface area contributed by atoms with Crippen LogP contribution in [0, 0.1) is 0 Å². The predicted molar refractivity (Wildman–Crippen MR) is 110 cm³/mol. The Kier molecular flexibility index (Phi) is 3.44. The first-order valence-corrected chi connectivity index (χ1v) is 10.2. The smallest absolute Gasteiger partial charge is 0.310 e. The van der Waals surface area contributed by atoms with Crippen molar-refractivity contribution in [1.29, 1.82) is 0 Å². The molecule has 5 rings (SSSR count). The van der Waals surface area contributed by atoms with Crippen LogP contribution in [0.4, 0.5) is 0 Å². The van der Waals surface area contributed by atoms with E-state index in [1.165, 1.54) is 10.6 Å². The average Bonchev–Trinajstić information content (AvgIpc) is 3.22. The van der Waals surface area contributed by atoms with E-state index in [-0.39, 0.29) is 5.03 Å². The fourth-order valence-electron chi connectivity index (χ4n) is 4.05. The second-order valence-corrected chi connectivity index (χ2v) is 8.24. The minimum Gasteiger partial charge on any atom is -0.330 e. The van der Waals surface area contributed by atoms with Gasteiger partial charge in [-0.3, -0.25) is 4.55 Å². The zero-order chi connectivity index (χ0) is 19.6. The van der Waals surface area contributed by atoms with Crippen LogP contribution in [-0.2, 0) is 24.2 Å². The Labute approximate surface area is 161 Å². The molecule has 0 saturated heterocycles. The molecule has 0 spiro atoms. The molecule has 0 aliphatic carbocycles. The molecule has 5 aromatic rings. The monoisotopic (exact) mass is 391 g/mol. The largest absolute Gasteiger partial charge is 0.330 e. The van der Waals surface area contributed by atoms with Crippen molar-refractivity contribution in [2.24, 2.45) is 14.1 Å². The summed E-state index contributed by atoms with van der Waals surface area (Å²) in [6, 6.07) is 19.4. The van der Waals surface area contributed by atoms with Gasteiger partial charge in [-0.2, -0.15) is 8.42 Å². The van der Waals surface area contributed by atoms with Crippen LogP contribution in [0.5, 0.6) is 0 Å². The Balaban J connectivity index is 1.95. The number of aryl methyl sites for hydroxylation is 1. The lowest BCUT2D eigenvalue weighted by molar-refractivity contribution is 0.474. The van der Waals surface area contributed by atoms with Gasteiger partial charge in [-0.15, -0.1) is 0 Å². The number of aromatic nitrogens is 3. The number of rotatable bonds is 2. The molecule has 7 heteroatoms. The van der Waals surface area contributed by atoms with Crippen molar-refractivity contribution < 1.29 is 13.0 Å². The maximum absolute atomic E-state index is 11.6. The van der Waals surface area contributed by atoms with E-state index in [9.17, 15) is 13.0 Å². The van der Waals surface area contributed by atoms with Crippen LogP contribution in [0.3, 0.4) is 0 Å². The lowest BCUT2D eigenvalue weighted by Crippen LogP contribution is -2.07. The lowest BCUT2D eigenvalue weighted by atomic mass is 10.00. The van der Waals surface area contributed by atoms with E-state index < -0.39 is 10.1 Å². The highest BCUT2D eigenvalue weighted by Crippen LogP contribution is 2.37. The highest BCUT2D eigenvalue weighted by molar-refractivity contribution is 7.85. The van der Waals surface area contributed by atoms with Gasteiger partial charge in [0, 0.05) is 24.9 Å². The Hall–Kier alpha value is -3.16. The molecular weight excluding hydrogens is 374 g/mol. The molecule has 0 amide bonds. The Morgan fingerprint density at radius 3 is 1.96 bits per heavy atom. The number of fused-ring (bicyclic) bond motifs is 6. The van der Waals surface area contributed by atoms with Gasteiger partial charge in [0.05, 0.1) is 16.7 Å². The summed E-state index contributed by atoms with van der Waals surface area (Å²) in [7, 11) is -0.779. The second-order valence-electron chi connectivity index (χ2n) is 6.87. The third-order valence-electron chi connectivity index (χ3n) is 5.32. The van der Waals surface area contributed by atoms with Gasteiger partial charge < -0.3 is 9.13 Å². The zero-order valence-corrected chi connectivity index (χ0v) is 16.1. The first-order valence-electron chi connectivity index (χ1n) is 8.77. The van der Waals surface area contributed by atoms with Gasteiger partial charge in [0.2, 0.25) is 0 Å². The van der Waals surface area contributed by atoms with Crippen LogP contribution in [0.2, 0.25) is 0 Å². The number of nitrogens with zero attached hydrogens (tertiary/aromatic N) is 3. The molecule has 0 atom stereocenters. The van der Waals surface area contributed by atoms with Gasteiger partial charge in [0.25, 0.3) is 0 Å². The maximum Gasteiger partial charge on any atom is 0.310 e. The van der Waals surface area contributed by atoms with Crippen molar-refractivity contribution in [2.45, 2.75) is 5.03 Å². The van der Waals surface area contributed by atoms with Gasteiger partial charge in [-0.25, -0.2) is 4.98 Å².